The summed E-state index contributed by atoms with van der Waals surface area (Å²) in [6, 6.07) is 7.66. The Balaban J connectivity index is 2.68. The number of methoxy groups -OCH3 is 1. The van der Waals surface area contributed by atoms with E-state index in [1.165, 1.54) is 0 Å². The molecule has 0 aliphatic carbocycles. The smallest absolute Gasteiger partial charge is 0.225 e. The van der Waals surface area contributed by atoms with E-state index in [2.05, 4.69) is 6.92 Å². The minimum atomic E-state index is 0.113. The molecule has 0 aromatic heterocycles. The number of rotatable bonds is 7. The van der Waals surface area contributed by atoms with Gasteiger partial charge in [0.15, 0.2) is 0 Å². The van der Waals surface area contributed by atoms with Crippen molar-refractivity contribution in [2.75, 3.05) is 26.0 Å². The van der Waals surface area contributed by atoms with Crippen molar-refractivity contribution >= 4 is 11.6 Å². The van der Waals surface area contributed by atoms with Gasteiger partial charge in [0.1, 0.15) is 0 Å². The van der Waals surface area contributed by atoms with Gasteiger partial charge in [-0.05, 0) is 18.1 Å². The number of ether oxygens (including phenoxy) is 1. The standard InChI is InChI=1S/C14H22N2O2/c1-3-9-16(14(17)8-10-18-2)11-12-6-4-5-7-13(12)15/h4-7H,3,8-11,15H2,1-2H3. The van der Waals surface area contributed by atoms with Gasteiger partial charge in [0.25, 0.3) is 0 Å². The third-order valence-electron chi connectivity index (χ3n) is 2.78. The van der Waals surface area contributed by atoms with Crippen LogP contribution in [0.25, 0.3) is 0 Å². The molecular formula is C14H22N2O2. The van der Waals surface area contributed by atoms with Crippen molar-refractivity contribution in [2.45, 2.75) is 26.3 Å². The van der Waals surface area contributed by atoms with Crippen molar-refractivity contribution in [3.05, 3.63) is 29.8 Å². The minimum Gasteiger partial charge on any atom is -0.398 e. The van der Waals surface area contributed by atoms with Gasteiger partial charge in [-0.15, -0.1) is 0 Å². The largest absolute Gasteiger partial charge is 0.398 e. The maximum absolute atomic E-state index is 12.0. The molecule has 0 bridgehead atoms. The SMILES string of the molecule is CCCN(Cc1ccccc1N)C(=O)CCOC. The molecule has 18 heavy (non-hydrogen) atoms. The Labute approximate surface area is 109 Å². The van der Waals surface area contributed by atoms with E-state index in [1.807, 2.05) is 29.2 Å². The van der Waals surface area contributed by atoms with Gasteiger partial charge in [0, 0.05) is 25.9 Å². The van der Waals surface area contributed by atoms with Gasteiger partial charge in [0.05, 0.1) is 13.0 Å². The fourth-order valence-corrected chi connectivity index (χ4v) is 1.79. The molecule has 0 atom stereocenters. The number of anilines is 1. The van der Waals surface area contributed by atoms with E-state index in [0.717, 1.165) is 24.2 Å². The number of amides is 1. The van der Waals surface area contributed by atoms with Crippen LogP contribution in [-0.2, 0) is 16.1 Å². The number of para-hydroxylation sites is 1. The van der Waals surface area contributed by atoms with Crippen LogP contribution in [0.5, 0.6) is 0 Å². The normalized spacial score (nSPS) is 10.3. The lowest BCUT2D eigenvalue weighted by atomic mass is 10.1. The van der Waals surface area contributed by atoms with Crippen LogP contribution in [-0.4, -0.2) is 31.1 Å². The summed E-state index contributed by atoms with van der Waals surface area (Å²) in [5.41, 5.74) is 7.63. The van der Waals surface area contributed by atoms with Gasteiger partial charge in [-0.3, -0.25) is 4.79 Å². The second-order valence-corrected chi connectivity index (χ2v) is 4.26. The summed E-state index contributed by atoms with van der Waals surface area (Å²) in [6.45, 7) is 3.84. The average Bonchev–Trinajstić information content (AvgIpc) is 2.38. The summed E-state index contributed by atoms with van der Waals surface area (Å²) in [5, 5.41) is 0. The molecule has 0 radical (unpaired) electrons. The molecule has 0 saturated heterocycles. The number of benzene rings is 1. The lowest BCUT2D eigenvalue weighted by Crippen LogP contribution is -2.32. The van der Waals surface area contributed by atoms with Crippen molar-refractivity contribution in [3.63, 3.8) is 0 Å². The monoisotopic (exact) mass is 250 g/mol. The highest BCUT2D eigenvalue weighted by Gasteiger charge is 2.13. The Kier molecular flexibility index (Phi) is 6.22. The molecule has 0 aliphatic heterocycles. The molecule has 2 N–H and O–H groups in total. The van der Waals surface area contributed by atoms with Crippen LogP contribution in [0.15, 0.2) is 24.3 Å². The van der Waals surface area contributed by atoms with Gasteiger partial charge in [-0.25, -0.2) is 0 Å². The van der Waals surface area contributed by atoms with Crippen LogP contribution in [0.3, 0.4) is 0 Å². The van der Waals surface area contributed by atoms with E-state index in [0.29, 0.717) is 19.6 Å². The highest BCUT2D eigenvalue weighted by atomic mass is 16.5. The van der Waals surface area contributed by atoms with Crippen molar-refractivity contribution in [1.29, 1.82) is 0 Å². The Hall–Kier alpha value is -1.55. The second kappa shape index (κ2) is 7.71. The highest BCUT2D eigenvalue weighted by Crippen LogP contribution is 2.14. The third kappa shape index (κ3) is 4.37. The predicted molar refractivity (Wildman–Crippen MR) is 73.1 cm³/mol. The van der Waals surface area contributed by atoms with Crippen LogP contribution < -0.4 is 5.73 Å². The van der Waals surface area contributed by atoms with E-state index < -0.39 is 0 Å². The molecule has 0 unspecified atom stereocenters. The molecule has 0 fully saturated rings. The molecule has 0 heterocycles. The Morgan fingerprint density at radius 2 is 2.11 bits per heavy atom. The fraction of sp³-hybridized carbons (Fsp3) is 0.500. The minimum absolute atomic E-state index is 0.113. The molecule has 1 amide bonds. The van der Waals surface area contributed by atoms with Gasteiger partial charge in [0.2, 0.25) is 5.91 Å². The molecule has 4 nitrogen and oxygen atoms in total. The number of hydrogen-bond donors (Lipinski definition) is 1. The van der Waals surface area contributed by atoms with Gasteiger partial charge < -0.3 is 15.4 Å². The number of hydrogen-bond acceptors (Lipinski definition) is 3. The molecule has 0 aliphatic rings. The summed E-state index contributed by atoms with van der Waals surface area (Å²) in [5.74, 6) is 0.113. The molecule has 1 rings (SSSR count). The van der Waals surface area contributed by atoms with Crippen LogP contribution in [0.4, 0.5) is 5.69 Å². The average molecular weight is 250 g/mol. The van der Waals surface area contributed by atoms with Crippen LogP contribution in [0, 0.1) is 0 Å². The maximum Gasteiger partial charge on any atom is 0.225 e. The zero-order valence-electron chi connectivity index (χ0n) is 11.2. The Morgan fingerprint density at radius 3 is 2.72 bits per heavy atom. The maximum atomic E-state index is 12.0. The highest BCUT2D eigenvalue weighted by molar-refractivity contribution is 5.76. The summed E-state index contributed by atoms with van der Waals surface area (Å²) >= 11 is 0. The number of carbonyl (C=O) groups excluding carboxylic acids is 1. The predicted octanol–water partition coefficient (Wildman–Crippen LogP) is 2.04. The third-order valence-corrected chi connectivity index (χ3v) is 2.78. The first-order chi connectivity index (χ1) is 8.69. The zero-order chi connectivity index (χ0) is 13.4. The molecule has 4 heteroatoms. The van der Waals surface area contributed by atoms with Crippen molar-refractivity contribution < 1.29 is 9.53 Å². The van der Waals surface area contributed by atoms with E-state index in [4.69, 9.17) is 10.5 Å². The number of nitrogens with zero attached hydrogens (tertiary/aromatic N) is 1. The number of carbonyl (C=O) groups is 1. The lowest BCUT2D eigenvalue weighted by Gasteiger charge is -2.23. The first-order valence-corrected chi connectivity index (χ1v) is 6.29. The van der Waals surface area contributed by atoms with E-state index in [9.17, 15) is 4.79 Å². The van der Waals surface area contributed by atoms with Crippen LogP contribution >= 0.6 is 0 Å². The topological polar surface area (TPSA) is 55.6 Å². The lowest BCUT2D eigenvalue weighted by molar-refractivity contribution is -0.132. The molecule has 100 valence electrons. The van der Waals surface area contributed by atoms with E-state index in [1.54, 1.807) is 7.11 Å². The summed E-state index contributed by atoms with van der Waals surface area (Å²) in [6.07, 6.45) is 1.36. The number of nitrogen functional groups attached to an aromatic ring is 1. The molecular weight excluding hydrogens is 228 g/mol. The first kappa shape index (κ1) is 14.5. The summed E-state index contributed by atoms with van der Waals surface area (Å²) in [4.78, 5) is 13.9. The number of nitrogens with two attached hydrogens (primary N) is 1. The van der Waals surface area contributed by atoms with Gasteiger partial charge in [-0.2, -0.15) is 0 Å². The molecule has 1 aromatic carbocycles. The van der Waals surface area contributed by atoms with Crippen LogP contribution in [0.1, 0.15) is 25.3 Å². The first-order valence-electron chi connectivity index (χ1n) is 6.29. The quantitative estimate of drug-likeness (QED) is 0.753. The fourth-order valence-electron chi connectivity index (χ4n) is 1.79. The van der Waals surface area contributed by atoms with Gasteiger partial charge >= 0.3 is 0 Å². The van der Waals surface area contributed by atoms with E-state index in [-0.39, 0.29) is 5.91 Å². The Morgan fingerprint density at radius 1 is 1.39 bits per heavy atom. The zero-order valence-corrected chi connectivity index (χ0v) is 11.2. The van der Waals surface area contributed by atoms with Crippen LogP contribution in [0.2, 0.25) is 0 Å². The second-order valence-electron chi connectivity index (χ2n) is 4.26. The van der Waals surface area contributed by atoms with Gasteiger partial charge in [-0.1, -0.05) is 25.1 Å². The molecule has 0 spiro atoms. The molecule has 0 saturated carbocycles. The van der Waals surface area contributed by atoms with Crippen molar-refractivity contribution in [1.82, 2.24) is 4.90 Å². The Bertz CT molecular complexity index is 380. The van der Waals surface area contributed by atoms with Crippen molar-refractivity contribution in [3.8, 4) is 0 Å². The summed E-state index contributed by atoms with van der Waals surface area (Å²) < 4.78 is 4.94. The van der Waals surface area contributed by atoms with E-state index >= 15 is 0 Å². The van der Waals surface area contributed by atoms with Crippen molar-refractivity contribution in [2.24, 2.45) is 0 Å². The molecule has 1 aromatic rings. The summed E-state index contributed by atoms with van der Waals surface area (Å²) in [7, 11) is 1.60.